The topological polar surface area (TPSA) is 3.24 Å². The molecular weight excluding hydrogens is 687 g/mol. The summed E-state index contributed by atoms with van der Waals surface area (Å²) in [6.45, 7) is 19.0. The summed E-state index contributed by atoms with van der Waals surface area (Å²) in [5.41, 5.74) is 19.8. The Morgan fingerprint density at radius 1 is 0.526 bits per heavy atom. The van der Waals surface area contributed by atoms with Crippen LogP contribution in [-0.4, -0.2) is 0 Å². The van der Waals surface area contributed by atoms with Crippen LogP contribution in [0.3, 0.4) is 0 Å². The smallest absolute Gasteiger partial charge is 0.0718 e. The van der Waals surface area contributed by atoms with Crippen LogP contribution in [-0.2, 0) is 5.41 Å². The van der Waals surface area contributed by atoms with E-state index in [-0.39, 0.29) is 0 Å². The van der Waals surface area contributed by atoms with Crippen LogP contribution < -0.4 is 4.90 Å². The molecule has 0 N–H and O–H groups in total. The average molecular weight is 734 g/mol. The molecular formula is C56H47N. The van der Waals surface area contributed by atoms with Crippen LogP contribution in [0.4, 0.5) is 17.1 Å². The first-order chi connectivity index (χ1) is 27.9. The first-order valence-electron chi connectivity index (χ1n) is 19.6. The van der Waals surface area contributed by atoms with Crippen molar-refractivity contribution in [1.82, 2.24) is 0 Å². The van der Waals surface area contributed by atoms with Crippen LogP contribution in [0, 0.1) is 0 Å². The fraction of sp³-hybridized carbons (Fsp3) is 0.0714. The minimum absolute atomic E-state index is 0.513. The van der Waals surface area contributed by atoms with E-state index in [0.717, 1.165) is 28.2 Å². The second-order valence-corrected chi connectivity index (χ2v) is 14.8. The molecule has 0 aliphatic heterocycles. The van der Waals surface area contributed by atoms with Gasteiger partial charge in [0.05, 0.1) is 5.41 Å². The highest BCUT2D eigenvalue weighted by molar-refractivity contribution is 5.93. The SMILES string of the molecule is C=C/C=C\C(=C)/C(C)=C/C1=C(C)C(C)=C(/C=C\C=C)C12c1ccccc1-c1cc(N(c3ccc(-c4ccccc4)cc3)c3ccc(-c4ccccc4)cc3)ccc12. The molecule has 2 aliphatic rings. The number of rotatable bonds is 11. The molecule has 57 heavy (non-hydrogen) atoms. The molecule has 0 saturated carbocycles. The van der Waals surface area contributed by atoms with Crippen LogP contribution in [0.1, 0.15) is 31.9 Å². The first-order valence-corrected chi connectivity index (χ1v) is 19.6. The molecule has 6 aromatic carbocycles. The molecule has 8 rings (SSSR count). The van der Waals surface area contributed by atoms with Crippen molar-refractivity contribution in [3.63, 3.8) is 0 Å². The summed E-state index contributed by atoms with van der Waals surface area (Å²) in [5, 5.41) is 0. The van der Waals surface area contributed by atoms with Gasteiger partial charge in [0.1, 0.15) is 0 Å². The fourth-order valence-corrected chi connectivity index (χ4v) is 8.67. The average Bonchev–Trinajstić information content (AvgIpc) is 3.66. The zero-order valence-corrected chi connectivity index (χ0v) is 33.0. The maximum Gasteiger partial charge on any atom is 0.0718 e. The molecule has 0 amide bonds. The molecule has 0 radical (unpaired) electrons. The van der Waals surface area contributed by atoms with Gasteiger partial charge in [-0.05, 0) is 135 Å². The van der Waals surface area contributed by atoms with Gasteiger partial charge in [-0.1, -0.05) is 178 Å². The Kier molecular flexibility index (Phi) is 10.2. The van der Waals surface area contributed by atoms with Crippen LogP contribution >= 0.6 is 0 Å². The van der Waals surface area contributed by atoms with E-state index in [1.54, 1.807) is 6.08 Å². The lowest BCUT2D eigenvalue weighted by Gasteiger charge is -2.33. The van der Waals surface area contributed by atoms with Gasteiger partial charge in [-0.2, -0.15) is 0 Å². The second-order valence-electron chi connectivity index (χ2n) is 14.8. The van der Waals surface area contributed by atoms with Gasteiger partial charge in [-0.3, -0.25) is 0 Å². The summed E-state index contributed by atoms with van der Waals surface area (Å²) in [5.74, 6) is 0. The third-order valence-corrected chi connectivity index (χ3v) is 11.6. The maximum absolute atomic E-state index is 4.41. The van der Waals surface area contributed by atoms with Crippen molar-refractivity contribution in [2.24, 2.45) is 0 Å². The highest BCUT2D eigenvalue weighted by atomic mass is 15.1. The lowest BCUT2D eigenvalue weighted by atomic mass is 9.68. The number of hydrogen-bond acceptors (Lipinski definition) is 1. The molecule has 0 bridgehead atoms. The summed E-state index contributed by atoms with van der Waals surface area (Å²) in [7, 11) is 0. The number of benzene rings is 6. The minimum atomic E-state index is -0.513. The van der Waals surface area contributed by atoms with Crippen molar-refractivity contribution >= 4 is 17.1 Å². The van der Waals surface area contributed by atoms with E-state index in [9.17, 15) is 0 Å². The van der Waals surface area contributed by atoms with E-state index >= 15 is 0 Å². The Bertz CT molecular complexity index is 2580. The fourth-order valence-electron chi connectivity index (χ4n) is 8.67. The number of allylic oxidation sites excluding steroid dienone is 13. The van der Waals surface area contributed by atoms with Gasteiger partial charge in [0.25, 0.3) is 0 Å². The Balaban J connectivity index is 1.33. The van der Waals surface area contributed by atoms with Gasteiger partial charge in [0, 0.05) is 17.1 Å². The van der Waals surface area contributed by atoms with Crippen LogP contribution in [0.15, 0.2) is 247 Å². The summed E-state index contributed by atoms with van der Waals surface area (Å²) >= 11 is 0. The molecule has 0 fully saturated rings. The minimum Gasteiger partial charge on any atom is -0.310 e. The largest absolute Gasteiger partial charge is 0.310 e. The van der Waals surface area contributed by atoms with Gasteiger partial charge >= 0.3 is 0 Å². The maximum atomic E-state index is 4.41. The summed E-state index contributed by atoms with van der Waals surface area (Å²) in [6.07, 6.45) is 14.4. The zero-order valence-electron chi connectivity index (χ0n) is 33.0. The molecule has 1 spiro atoms. The van der Waals surface area contributed by atoms with E-state index in [1.165, 1.54) is 66.8 Å². The van der Waals surface area contributed by atoms with Crippen molar-refractivity contribution in [3.8, 4) is 33.4 Å². The molecule has 1 nitrogen and oxygen atoms in total. The second kappa shape index (κ2) is 15.6. The number of nitrogens with zero attached hydrogens (tertiary/aromatic N) is 1. The van der Waals surface area contributed by atoms with Gasteiger partial charge < -0.3 is 4.90 Å². The van der Waals surface area contributed by atoms with Gasteiger partial charge in [0.2, 0.25) is 0 Å². The molecule has 1 atom stereocenters. The van der Waals surface area contributed by atoms with Crippen LogP contribution in [0.2, 0.25) is 0 Å². The molecule has 0 aromatic heterocycles. The lowest BCUT2D eigenvalue weighted by Crippen LogP contribution is -2.27. The van der Waals surface area contributed by atoms with Gasteiger partial charge in [-0.15, -0.1) is 0 Å². The number of fused-ring (bicyclic) bond motifs is 5. The predicted molar refractivity (Wildman–Crippen MR) is 245 cm³/mol. The molecule has 2 aliphatic carbocycles. The lowest BCUT2D eigenvalue weighted by molar-refractivity contribution is 0.776. The Morgan fingerprint density at radius 2 is 1.02 bits per heavy atom. The van der Waals surface area contributed by atoms with Crippen molar-refractivity contribution in [3.05, 3.63) is 258 Å². The standard InChI is InChI=1S/C56H47N/c1-7-9-19-39(3)40(4)37-55-42(6)41(5)52(25-10-8-2)56(55)53-26-18-17-24-50(53)51-38-49(35-36-54(51)56)57(47-31-27-45(28-32-47)43-20-13-11-14-21-43)48-33-29-46(30-34-48)44-22-15-12-16-23-44/h7-38H,1-3H2,4-6H3/b19-9-,25-10-,40-37+. The van der Waals surface area contributed by atoms with E-state index in [2.05, 4.69) is 215 Å². The highest BCUT2D eigenvalue weighted by Gasteiger charge is 2.51. The molecule has 1 heteroatoms. The van der Waals surface area contributed by atoms with Crippen LogP contribution in [0.5, 0.6) is 0 Å². The van der Waals surface area contributed by atoms with E-state index in [1.807, 2.05) is 18.2 Å². The quantitative estimate of drug-likeness (QED) is 0.120. The predicted octanol–water partition coefficient (Wildman–Crippen LogP) is 15.4. The zero-order chi connectivity index (χ0) is 39.5. The summed E-state index contributed by atoms with van der Waals surface area (Å²) < 4.78 is 0. The molecule has 0 saturated heterocycles. The third-order valence-electron chi connectivity index (χ3n) is 11.6. The van der Waals surface area contributed by atoms with Crippen molar-refractivity contribution in [2.75, 3.05) is 4.90 Å². The molecule has 0 heterocycles. The monoisotopic (exact) mass is 733 g/mol. The number of hydrogen-bond donors (Lipinski definition) is 0. The van der Waals surface area contributed by atoms with Crippen molar-refractivity contribution < 1.29 is 0 Å². The van der Waals surface area contributed by atoms with Gasteiger partial charge in [0.15, 0.2) is 0 Å². The summed E-state index contributed by atoms with van der Waals surface area (Å²) in [6, 6.07) is 55.0. The van der Waals surface area contributed by atoms with Crippen molar-refractivity contribution in [2.45, 2.75) is 26.2 Å². The van der Waals surface area contributed by atoms with E-state index < -0.39 is 5.41 Å². The Morgan fingerprint density at radius 3 is 1.60 bits per heavy atom. The Labute approximate surface area is 338 Å². The summed E-state index contributed by atoms with van der Waals surface area (Å²) in [4.78, 5) is 2.38. The number of anilines is 3. The normalized spacial score (nSPS) is 16.1. The molecule has 276 valence electrons. The first kappa shape index (κ1) is 37.0. The third kappa shape index (κ3) is 6.52. The van der Waals surface area contributed by atoms with E-state index in [0.29, 0.717) is 0 Å². The highest BCUT2D eigenvalue weighted by Crippen LogP contribution is 2.62. The van der Waals surface area contributed by atoms with Gasteiger partial charge in [-0.25, -0.2) is 0 Å². The molecule has 1 unspecified atom stereocenters. The van der Waals surface area contributed by atoms with E-state index in [4.69, 9.17) is 0 Å². The van der Waals surface area contributed by atoms with Crippen LogP contribution in [0.25, 0.3) is 33.4 Å². The van der Waals surface area contributed by atoms with Crippen molar-refractivity contribution in [1.29, 1.82) is 0 Å². The molecule has 6 aromatic rings. The Hall–Kier alpha value is -6.96.